The molecular formula is C14H21N5. The van der Waals surface area contributed by atoms with Crippen LogP contribution >= 0.6 is 0 Å². The van der Waals surface area contributed by atoms with Gasteiger partial charge in [-0.15, -0.1) is 5.10 Å². The van der Waals surface area contributed by atoms with Gasteiger partial charge in [0.2, 0.25) is 0 Å². The highest BCUT2D eigenvalue weighted by Gasteiger charge is 2.20. The van der Waals surface area contributed by atoms with Crippen LogP contribution in [0.4, 0.5) is 0 Å². The molecule has 2 rings (SSSR count). The smallest absolute Gasteiger partial charge is 0.0941 e. The summed E-state index contributed by atoms with van der Waals surface area (Å²) in [5.74, 6) is 0. The summed E-state index contributed by atoms with van der Waals surface area (Å²) in [5.41, 5.74) is 3.38. The Morgan fingerprint density at radius 2 is 2.21 bits per heavy atom. The minimum absolute atomic E-state index is 0.0519. The predicted octanol–water partition coefficient (Wildman–Crippen LogP) is 1.86. The molecule has 1 unspecified atom stereocenters. The Bertz CT molecular complexity index is 520. The lowest BCUT2D eigenvalue weighted by Gasteiger charge is -2.20. The summed E-state index contributed by atoms with van der Waals surface area (Å²) >= 11 is 0. The molecule has 5 heteroatoms. The maximum atomic E-state index is 4.57. The van der Waals surface area contributed by atoms with E-state index < -0.39 is 0 Å². The van der Waals surface area contributed by atoms with Crippen LogP contribution in [0.3, 0.4) is 0 Å². The van der Waals surface area contributed by atoms with Crippen molar-refractivity contribution in [1.29, 1.82) is 0 Å². The van der Waals surface area contributed by atoms with E-state index in [-0.39, 0.29) is 6.04 Å². The molecule has 2 heterocycles. The van der Waals surface area contributed by atoms with Crippen molar-refractivity contribution in [3.05, 3.63) is 41.5 Å². The van der Waals surface area contributed by atoms with Gasteiger partial charge in [-0.05, 0) is 31.0 Å². The summed E-state index contributed by atoms with van der Waals surface area (Å²) in [4.78, 5) is 4.57. The average Bonchev–Trinajstić information content (AvgIpc) is 2.86. The lowest BCUT2D eigenvalue weighted by atomic mass is 10.0. The van der Waals surface area contributed by atoms with Gasteiger partial charge < -0.3 is 5.32 Å². The number of pyridine rings is 1. The van der Waals surface area contributed by atoms with Crippen molar-refractivity contribution in [2.24, 2.45) is 7.05 Å². The normalized spacial score (nSPS) is 12.6. The Kier molecular flexibility index (Phi) is 4.63. The third kappa shape index (κ3) is 2.98. The highest BCUT2D eigenvalue weighted by Crippen LogP contribution is 2.22. The number of hydrogen-bond donors (Lipinski definition) is 1. The number of rotatable bonds is 6. The number of aromatic nitrogens is 4. The molecular weight excluding hydrogens is 238 g/mol. The molecule has 1 N–H and O–H groups in total. The van der Waals surface area contributed by atoms with Crippen LogP contribution in [0.5, 0.6) is 0 Å². The third-order valence-corrected chi connectivity index (χ3v) is 3.22. The van der Waals surface area contributed by atoms with Gasteiger partial charge in [-0.2, -0.15) is 0 Å². The molecule has 2 aromatic heterocycles. The molecule has 19 heavy (non-hydrogen) atoms. The molecule has 0 aliphatic heterocycles. The van der Waals surface area contributed by atoms with Gasteiger partial charge in [0.15, 0.2) is 0 Å². The fraction of sp³-hybridized carbons (Fsp3) is 0.500. The van der Waals surface area contributed by atoms with Gasteiger partial charge in [0.05, 0.1) is 23.6 Å². The molecule has 0 fully saturated rings. The van der Waals surface area contributed by atoms with Crippen LogP contribution in [-0.4, -0.2) is 26.5 Å². The Labute approximate surface area is 114 Å². The molecule has 5 nitrogen and oxygen atoms in total. The van der Waals surface area contributed by atoms with Crippen molar-refractivity contribution < 1.29 is 0 Å². The molecule has 0 aliphatic rings. The Balaban J connectivity index is 2.40. The summed E-state index contributed by atoms with van der Waals surface area (Å²) in [5, 5.41) is 11.5. The van der Waals surface area contributed by atoms with Crippen LogP contribution in [0.1, 0.15) is 43.3 Å². The standard InChI is InChI=1S/C14H21N5/c1-4-8-15-14(12-10-17-18-19(12)3)13-11(5-2)7-6-9-16-13/h6-7,9-10,14-15H,4-5,8H2,1-3H3. The molecule has 0 saturated carbocycles. The predicted molar refractivity (Wildman–Crippen MR) is 74.8 cm³/mol. The lowest BCUT2D eigenvalue weighted by Crippen LogP contribution is -2.27. The molecule has 0 amide bonds. The molecule has 0 saturated heterocycles. The third-order valence-electron chi connectivity index (χ3n) is 3.22. The monoisotopic (exact) mass is 259 g/mol. The van der Waals surface area contributed by atoms with Gasteiger partial charge in [0, 0.05) is 13.2 Å². The molecule has 0 aromatic carbocycles. The van der Waals surface area contributed by atoms with Gasteiger partial charge >= 0.3 is 0 Å². The molecule has 1 atom stereocenters. The maximum absolute atomic E-state index is 4.57. The van der Waals surface area contributed by atoms with Crippen LogP contribution in [0.15, 0.2) is 24.5 Å². The second-order valence-electron chi connectivity index (χ2n) is 4.57. The zero-order chi connectivity index (χ0) is 13.7. The maximum Gasteiger partial charge on any atom is 0.0941 e. The molecule has 0 radical (unpaired) electrons. The minimum Gasteiger partial charge on any atom is -0.304 e. The highest BCUT2D eigenvalue weighted by atomic mass is 15.4. The molecule has 2 aromatic rings. The minimum atomic E-state index is 0.0519. The summed E-state index contributed by atoms with van der Waals surface area (Å²) in [6, 6.07) is 4.17. The summed E-state index contributed by atoms with van der Waals surface area (Å²) in [6.45, 7) is 5.25. The van der Waals surface area contributed by atoms with Crippen LogP contribution < -0.4 is 5.32 Å². The average molecular weight is 259 g/mol. The zero-order valence-corrected chi connectivity index (χ0v) is 11.8. The second-order valence-corrected chi connectivity index (χ2v) is 4.57. The first kappa shape index (κ1) is 13.7. The van der Waals surface area contributed by atoms with E-state index in [2.05, 4.69) is 40.5 Å². The van der Waals surface area contributed by atoms with E-state index in [4.69, 9.17) is 0 Å². The van der Waals surface area contributed by atoms with Crippen LogP contribution in [0.2, 0.25) is 0 Å². The van der Waals surface area contributed by atoms with Crippen molar-refractivity contribution in [3.63, 3.8) is 0 Å². The molecule has 102 valence electrons. The Morgan fingerprint density at radius 1 is 1.37 bits per heavy atom. The van der Waals surface area contributed by atoms with E-state index in [9.17, 15) is 0 Å². The summed E-state index contributed by atoms with van der Waals surface area (Å²) < 4.78 is 1.81. The van der Waals surface area contributed by atoms with Crippen LogP contribution in [0.25, 0.3) is 0 Å². The Hall–Kier alpha value is -1.75. The number of nitrogens with one attached hydrogen (secondary N) is 1. The first-order valence-corrected chi connectivity index (χ1v) is 6.79. The molecule has 0 spiro atoms. The first-order chi connectivity index (χ1) is 9.27. The lowest BCUT2D eigenvalue weighted by molar-refractivity contribution is 0.538. The van der Waals surface area contributed by atoms with Crippen LogP contribution in [-0.2, 0) is 13.5 Å². The quantitative estimate of drug-likeness (QED) is 0.860. The fourth-order valence-electron chi connectivity index (χ4n) is 2.20. The number of aryl methyl sites for hydroxylation is 2. The van der Waals surface area contributed by atoms with E-state index in [1.54, 1.807) is 10.9 Å². The van der Waals surface area contributed by atoms with Gasteiger partial charge in [-0.1, -0.05) is 25.1 Å². The van der Waals surface area contributed by atoms with Crippen molar-refractivity contribution in [2.75, 3.05) is 6.54 Å². The topological polar surface area (TPSA) is 55.6 Å². The first-order valence-electron chi connectivity index (χ1n) is 6.79. The van der Waals surface area contributed by atoms with E-state index in [1.807, 2.05) is 19.3 Å². The fourth-order valence-corrected chi connectivity index (χ4v) is 2.20. The van der Waals surface area contributed by atoms with E-state index in [0.717, 1.165) is 30.8 Å². The van der Waals surface area contributed by atoms with E-state index >= 15 is 0 Å². The SMILES string of the molecule is CCCNC(c1ncccc1CC)c1cnnn1C. The van der Waals surface area contributed by atoms with E-state index in [1.165, 1.54) is 5.56 Å². The molecule has 0 aliphatic carbocycles. The van der Waals surface area contributed by atoms with E-state index in [0.29, 0.717) is 0 Å². The van der Waals surface area contributed by atoms with Gasteiger partial charge in [0.25, 0.3) is 0 Å². The number of hydrogen-bond acceptors (Lipinski definition) is 4. The van der Waals surface area contributed by atoms with Crippen molar-refractivity contribution in [1.82, 2.24) is 25.3 Å². The van der Waals surface area contributed by atoms with Crippen molar-refractivity contribution >= 4 is 0 Å². The summed E-state index contributed by atoms with van der Waals surface area (Å²) in [7, 11) is 1.91. The Morgan fingerprint density at radius 3 is 2.84 bits per heavy atom. The van der Waals surface area contributed by atoms with Crippen molar-refractivity contribution in [2.45, 2.75) is 32.7 Å². The second kappa shape index (κ2) is 6.43. The van der Waals surface area contributed by atoms with Gasteiger partial charge in [0.1, 0.15) is 0 Å². The number of nitrogens with zero attached hydrogens (tertiary/aromatic N) is 4. The van der Waals surface area contributed by atoms with Gasteiger partial charge in [-0.3, -0.25) is 9.67 Å². The summed E-state index contributed by atoms with van der Waals surface area (Å²) in [6.07, 6.45) is 5.70. The highest BCUT2D eigenvalue weighted by molar-refractivity contribution is 5.28. The zero-order valence-electron chi connectivity index (χ0n) is 11.8. The molecule has 0 bridgehead atoms. The van der Waals surface area contributed by atoms with Crippen molar-refractivity contribution in [3.8, 4) is 0 Å². The van der Waals surface area contributed by atoms with Gasteiger partial charge in [-0.25, -0.2) is 0 Å². The van der Waals surface area contributed by atoms with Crippen LogP contribution in [0, 0.1) is 0 Å². The largest absolute Gasteiger partial charge is 0.304 e.